The quantitative estimate of drug-likeness (QED) is 0.843. The Labute approximate surface area is 120 Å². The minimum atomic E-state index is -0.189. The highest BCUT2D eigenvalue weighted by Gasteiger charge is 2.12. The molecule has 2 aromatic rings. The zero-order chi connectivity index (χ0) is 14.7. The third-order valence-corrected chi connectivity index (χ3v) is 3.81. The lowest BCUT2D eigenvalue weighted by molar-refractivity contribution is 0.593. The van der Waals surface area contributed by atoms with E-state index in [1.807, 2.05) is 6.07 Å². The van der Waals surface area contributed by atoms with Crippen LogP contribution in [-0.2, 0) is 0 Å². The van der Waals surface area contributed by atoms with Gasteiger partial charge in [0.05, 0.1) is 0 Å². The summed E-state index contributed by atoms with van der Waals surface area (Å²) >= 11 is 0. The van der Waals surface area contributed by atoms with Crippen molar-refractivity contribution in [3.05, 3.63) is 58.9 Å². The summed E-state index contributed by atoms with van der Waals surface area (Å²) < 4.78 is 13.6. The van der Waals surface area contributed by atoms with Crippen LogP contribution in [0.5, 0.6) is 0 Å². The molecule has 106 valence electrons. The van der Waals surface area contributed by atoms with Gasteiger partial charge < -0.3 is 5.32 Å². The van der Waals surface area contributed by atoms with Gasteiger partial charge in [0.15, 0.2) is 0 Å². The van der Waals surface area contributed by atoms with Crippen LogP contribution in [0.3, 0.4) is 0 Å². The molecule has 1 unspecified atom stereocenters. The second kappa shape index (κ2) is 6.19. The molecule has 1 atom stereocenters. The van der Waals surface area contributed by atoms with Crippen LogP contribution in [0.15, 0.2) is 36.4 Å². The van der Waals surface area contributed by atoms with Gasteiger partial charge >= 0.3 is 0 Å². The first-order valence-corrected chi connectivity index (χ1v) is 7.13. The molecule has 0 amide bonds. The first kappa shape index (κ1) is 14.7. The van der Waals surface area contributed by atoms with E-state index in [0.717, 1.165) is 23.2 Å². The summed E-state index contributed by atoms with van der Waals surface area (Å²) in [5.41, 5.74) is 5.67. The van der Waals surface area contributed by atoms with Crippen molar-refractivity contribution in [1.29, 1.82) is 0 Å². The maximum atomic E-state index is 13.6. The van der Waals surface area contributed by atoms with Crippen molar-refractivity contribution in [1.82, 2.24) is 5.32 Å². The molecule has 0 radical (unpaired) electrons. The van der Waals surface area contributed by atoms with Crippen molar-refractivity contribution in [3.63, 3.8) is 0 Å². The predicted molar refractivity (Wildman–Crippen MR) is 83.4 cm³/mol. The van der Waals surface area contributed by atoms with Crippen molar-refractivity contribution < 1.29 is 4.39 Å². The molecule has 0 saturated heterocycles. The molecule has 2 rings (SSSR count). The van der Waals surface area contributed by atoms with Gasteiger partial charge in [0.2, 0.25) is 0 Å². The fourth-order valence-corrected chi connectivity index (χ4v) is 2.48. The van der Waals surface area contributed by atoms with Gasteiger partial charge in [-0.05, 0) is 67.3 Å². The third-order valence-electron chi connectivity index (χ3n) is 3.81. The number of aryl methyl sites for hydroxylation is 2. The van der Waals surface area contributed by atoms with Crippen LogP contribution in [0.1, 0.15) is 36.6 Å². The molecular formula is C18H22FN. The molecule has 0 aliphatic heterocycles. The Hall–Kier alpha value is -1.67. The molecule has 20 heavy (non-hydrogen) atoms. The van der Waals surface area contributed by atoms with Crippen LogP contribution < -0.4 is 5.32 Å². The van der Waals surface area contributed by atoms with Gasteiger partial charge in [0, 0.05) is 6.04 Å². The Balaban J connectivity index is 2.53. The lowest BCUT2D eigenvalue weighted by Crippen LogP contribution is -2.18. The number of rotatable bonds is 4. The fourth-order valence-electron chi connectivity index (χ4n) is 2.48. The van der Waals surface area contributed by atoms with Gasteiger partial charge in [-0.3, -0.25) is 0 Å². The Kier molecular flexibility index (Phi) is 4.56. The van der Waals surface area contributed by atoms with E-state index in [1.165, 1.54) is 17.2 Å². The topological polar surface area (TPSA) is 12.0 Å². The largest absolute Gasteiger partial charge is 0.310 e. The van der Waals surface area contributed by atoms with E-state index in [2.05, 4.69) is 51.2 Å². The second-order valence-corrected chi connectivity index (χ2v) is 5.31. The molecule has 0 aliphatic rings. The summed E-state index contributed by atoms with van der Waals surface area (Å²) in [5.74, 6) is -0.189. The summed E-state index contributed by atoms with van der Waals surface area (Å²) in [7, 11) is 0. The van der Waals surface area contributed by atoms with Crippen LogP contribution in [0, 0.1) is 19.7 Å². The van der Waals surface area contributed by atoms with Gasteiger partial charge in [-0.25, -0.2) is 4.39 Å². The molecule has 2 aromatic carbocycles. The van der Waals surface area contributed by atoms with E-state index in [4.69, 9.17) is 0 Å². The predicted octanol–water partition coefficient (Wildman–Crippen LogP) is 4.78. The summed E-state index contributed by atoms with van der Waals surface area (Å²) in [6, 6.07) is 11.5. The Morgan fingerprint density at radius 2 is 1.80 bits per heavy atom. The van der Waals surface area contributed by atoms with Crippen molar-refractivity contribution in [2.24, 2.45) is 0 Å². The summed E-state index contributed by atoms with van der Waals surface area (Å²) in [4.78, 5) is 0. The first-order valence-electron chi connectivity index (χ1n) is 7.13. The van der Waals surface area contributed by atoms with E-state index >= 15 is 0 Å². The molecule has 0 saturated carbocycles. The molecule has 0 aliphatic carbocycles. The van der Waals surface area contributed by atoms with Gasteiger partial charge in [-0.1, -0.05) is 31.2 Å². The molecule has 1 N–H and O–H groups in total. The average molecular weight is 271 g/mol. The fraction of sp³-hybridized carbons (Fsp3) is 0.333. The SMILES string of the molecule is CCNC(C)c1ccc(F)cc1-c1ccc(C)c(C)c1. The van der Waals surface area contributed by atoms with Crippen LogP contribution in [-0.4, -0.2) is 6.54 Å². The summed E-state index contributed by atoms with van der Waals surface area (Å²) in [5, 5.41) is 3.39. The van der Waals surface area contributed by atoms with Gasteiger partial charge in [0.1, 0.15) is 5.82 Å². The first-order chi connectivity index (χ1) is 9.52. The Bertz CT molecular complexity index is 604. The minimum Gasteiger partial charge on any atom is -0.310 e. The molecule has 0 bridgehead atoms. The standard InChI is InChI=1S/C18H22FN/c1-5-20-14(4)17-9-8-16(19)11-18(17)15-7-6-12(2)13(3)10-15/h6-11,14,20H,5H2,1-4H3. The average Bonchev–Trinajstić information content (AvgIpc) is 2.42. The normalized spacial score (nSPS) is 12.4. The number of hydrogen-bond acceptors (Lipinski definition) is 1. The van der Waals surface area contributed by atoms with Crippen LogP contribution in [0.25, 0.3) is 11.1 Å². The molecule has 0 aromatic heterocycles. The maximum absolute atomic E-state index is 13.6. The van der Waals surface area contributed by atoms with Crippen molar-refractivity contribution in [2.45, 2.75) is 33.7 Å². The number of nitrogens with one attached hydrogen (secondary N) is 1. The van der Waals surface area contributed by atoms with Crippen molar-refractivity contribution in [3.8, 4) is 11.1 Å². The molecule has 0 spiro atoms. The van der Waals surface area contributed by atoms with Gasteiger partial charge in [0.25, 0.3) is 0 Å². The van der Waals surface area contributed by atoms with Crippen LogP contribution in [0.4, 0.5) is 4.39 Å². The number of halogens is 1. The van der Waals surface area contributed by atoms with E-state index in [0.29, 0.717) is 0 Å². The smallest absolute Gasteiger partial charge is 0.123 e. The van der Waals surface area contributed by atoms with E-state index in [9.17, 15) is 4.39 Å². The summed E-state index contributed by atoms with van der Waals surface area (Å²) in [6.45, 7) is 9.26. The number of benzene rings is 2. The molecule has 0 heterocycles. The van der Waals surface area contributed by atoms with Crippen LogP contribution in [0.2, 0.25) is 0 Å². The van der Waals surface area contributed by atoms with Crippen LogP contribution >= 0.6 is 0 Å². The number of hydrogen-bond donors (Lipinski definition) is 1. The molecule has 0 fully saturated rings. The van der Waals surface area contributed by atoms with E-state index < -0.39 is 0 Å². The van der Waals surface area contributed by atoms with Gasteiger partial charge in [-0.15, -0.1) is 0 Å². The molecule has 1 nitrogen and oxygen atoms in total. The monoisotopic (exact) mass is 271 g/mol. The second-order valence-electron chi connectivity index (χ2n) is 5.31. The van der Waals surface area contributed by atoms with Crippen molar-refractivity contribution in [2.75, 3.05) is 6.54 Å². The Morgan fingerprint density at radius 1 is 1.05 bits per heavy atom. The molecular weight excluding hydrogens is 249 g/mol. The highest BCUT2D eigenvalue weighted by atomic mass is 19.1. The lowest BCUT2D eigenvalue weighted by Gasteiger charge is -2.18. The zero-order valence-corrected chi connectivity index (χ0v) is 12.6. The third kappa shape index (κ3) is 3.07. The highest BCUT2D eigenvalue weighted by Crippen LogP contribution is 2.30. The maximum Gasteiger partial charge on any atom is 0.123 e. The van der Waals surface area contributed by atoms with E-state index in [1.54, 1.807) is 6.07 Å². The van der Waals surface area contributed by atoms with Crippen molar-refractivity contribution >= 4 is 0 Å². The Morgan fingerprint density at radius 3 is 2.45 bits per heavy atom. The summed E-state index contributed by atoms with van der Waals surface area (Å²) in [6.07, 6.45) is 0. The van der Waals surface area contributed by atoms with Gasteiger partial charge in [-0.2, -0.15) is 0 Å². The zero-order valence-electron chi connectivity index (χ0n) is 12.6. The minimum absolute atomic E-state index is 0.189. The highest BCUT2D eigenvalue weighted by molar-refractivity contribution is 5.69. The van der Waals surface area contributed by atoms with E-state index in [-0.39, 0.29) is 11.9 Å². The lowest BCUT2D eigenvalue weighted by atomic mass is 9.93. The molecule has 2 heteroatoms.